The van der Waals surface area contributed by atoms with E-state index in [2.05, 4.69) is 20.4 Å². The Morgan fingerprint density at radius 2 is 2.07 bits per heavy atom. The number of pyridine rings is 1. The average molecular weight is 386 g/mol. The Hall–Kier alpha value is -3.07. The Bertz CT molecular complexity index is 945. The summed E-state index contributed by atoms with van der Waals surface area (Å²) in [6.45, 7) is 1.75. The Balaban J connectivity index is 1.63. The van der Waals surface area contributed by atoms with Crippen LogP contribution in [0.4, 0.5) is 5.69 Å². The van der Waals surface area contributed by atoms with Crippen LogP contribution in [0.25, 0.3) is 11.5 Å². The summed E-state index contributed by atoms with van der Waals surface area (Å²) >= 11 is 1.31. The summed E-state index contributed by atoms with van der Waals surface area (Å²) < 4.78 is 15.6. The number of thioether (sulfide) groups is 1. The summed E-state index contributed by atoms with van der Waals surface area (Å²) in [6, 6.07) is 8.78. The Kier molecular flexibility index (Phi) is 5.92. The van der Waals surface area contributed by atoms with Crippen LogP contribution in [-0.4, -0.2) is 41.0 Å². The monoisotopic (exact) mass is 386 g/mol. The van der Waals surface area contributed by atoms with E-state index >= 15 is 0 Å². The lowest BCUT2D eigenvalue weighted by atomic mass is 10.2. The zero-order valence-electron chi connectivity index (χ0n) is 15.1. The molecule has 140 valence electrons. The first-order valence-corrected chi connectivity index (χ1v) is 8.99. The van der Waals surface area contributed by atoms with E-state index in [0.717, 1.165) is 5.56 Å². The van der Waals surface area contributed by atoms with Gasteiger partial charge in [-0.25, -0.2) is 4.98 Å². The maximum Gasteiger partial charge on any atom is 0.258 e. The van der Waals surface area contributed by atoms with E-state index in [9.17, 15) is 4.79 Å². The third-order valence-electron chi connectivity index (χ3n) is 3.54. The molecule has 1 aromatic carbocycles. The van der Waals surface area contributed by atoms with Gasteiger partial charge < -0.3 is 19.3 Å². The second-order valence-corrected chi connectivity index (χ2v) is 6.43. The summed E-state index contributed by atoms with van der Waals surface area (Å²) in [7, 11) is 3.11. The zero-order chi connectivity index (χ0) is 19.2. The molecule has 2 heterocycles. The number of nitrogens with zero attached hydrogens (tertiary/aromatic N) is 3. The summed E-state index contributed by atoms with van der Waals surface area (Å²) in [5.41, 5.74) is 1.33. The minimum absolute atomic E-state index is 0.177. The zero-order valence-corrected chi connectivity index (χ0v) is 15.9. The molecule has 0 aliphatic rings. The van der Waals surface area contributed by atoms with Gasteiger partial charge in [-0.1, -0.05) is 16.9 Å². The Morgan fingerprint density at radius 1 is 1.22 bits per heavy atom. The number of methoxy groups -OCH3 is 2. The predicted octanol–water partition coefficient (Wildman–Crippen LogP) is 3.19. The fourth-order valence-corrected chi connectivity index (χ4v) is 2.96. The smallest absolute Gasteiger partial charge is 0.258 e. The van der Waals surface area contributed by atoms with Crippen molar-refractivity contribution in [2.24, 2.45) is 0 Å². The topological polar surface area (TPSA) is 99.4 Å². The molecule has 8 nitrogen and oxygen atoms in total. The van der Waals surface area contributed by atoms with Gasteiger partial charge in [0.25, 0.3) is 5.89 Å². The highest BCUT2D eigenvalue weighted by Gasteiger charge is 2.11. The minimum Gasteiger partial charge on any atom is -0.497 e. The van der Waals surface area contributed by atoms with E-state index in [1.54, 1.807) is 50.6 Å². The highest BCUT2D eigenvalue weighted by atomic mass is 32.2. The number of carbonyl (C=O) groups excluding carboxylic acids is 1. The van der Waals surface area contributed by atoms with Gasteiger partial charge in [-0.15, -0.1) is 0 Å². The van der Waals surface area contributed by atoms with Gasteiger partial charge >= 0.3 is 0 Å². The van der Waals surface area contributed by atoms with Crippen LogP contribution in [-0.2, 0) is 4.79 Å². The highest BCUT2D eigenvalue weighted by Crippen LogP contribution is 2.29. The molecule has 0 aliphatic heterocycles. The molecule has 2 aromatic heterocycles. The lowest BCUT2D eigenvalue weighted by molar-refractivity contribution is -0.113. The lowest BCUT2D eigenvalue weighted by Gasteiger charge is -2.11. The molecular formula is C18H18N4O4S. The van der Waals surface area contributed by atoms with Crippen LogP contribution in [0.1, 0.15) is 5.82 Å². The molecule has 0 saturated carbocycles. The molecule has 9 heteroatoms. The first-order chi connectivity index (χ1) is 13.1. The number of hydrogen-bond acceptors (Lipinski definition) is 8. The van der Waals surface area contributed by atoms with E-state index in [1.807, 2.05) is 0 Å². The lowest BCUT2D eigenvalue weighted by Crippen LogP contribution is -2.14. The Morgan fingerprint density at radius 3 is 2.78 bits per heavy atom. The van der Waals surface area contributed by atoms with Crippen LogP contribution < -0.4 is 14.8 Å². The number of anilines is 1. The molecule has 0 aliphatic carbocycles. The number of ether oxygens (including phenoxy) is 2. The molecule has 0 bridgehead atoms. The van der Waals surface area contributed by atoms with Crippen LogP contribution in [0, 0.1) is 6.92 Å². The predicted molar refractivity (Wildman–Crippen MR) is 101 cm³/mol. The quantitative estimate of drug-likeness (QED) is 0.618. The molecule has 0 radical (unpaired) electrons. The normalized spacial score (nSPS) is 10.5. The van der Waals surface area contributed by atoms with Crippen molar-refractivity contribution >= 4 is 23.4 Å². The second-order valence-electron chi connectivity index (χ2n) is 5.43. The van der Waals surface area contributed by atoms with Crippen LogP contribution in [0.15, 0.2) is 46.1 Å². The highest BCUT2D eigenvalue weighted by molar-refractivity contribution is 7.99. The number of amides is 1. The minimum atomic E-state index is -0.177. The molecule has 0 unspecified atom stereocenters. The van der Waals surface area contributed by atoms with Crippen molar-refractivity contribution in [3.05, 3.63) is 42.4 Å². The molecule has 3 aromatic rings. The van der Waals surface area contributed by atoms with Gasteiger partial charge in [0, 0.05) is 17.8 Å². The van der Waals surface area contributed by atoms with Crippen LogP contribution in [0.3, 0.4) is 0 Å². The molecule has 3 rings (SSSR count). The molecule has 1 N–H and O–H groups in total. The van der Waals surface area contributed by atoms with Gasteiger partial charge in [0.05, 0.1) is 30.7 Å². The number of hydrogen-bond donors (Lipinski definition) is 1. The summed E-state index contributed by atoms with van der Waals surface area (Å²) in [5.74, 6) is 2.17. The van der Waals surface area contributed by atoms with Crippen molar-refractivity contribution in [1.29, 1.82) is 0 Å². The molecule has 0 spiro atoms. The summed E-state index contributed by atoms with van der Waals surface area (Å²) in [5, 5.41) is 7.28. The molecular weight excluding hydrogens is 368 g/mol. The van der Waals surface area contributed by atoms with Gasteiger partial charge in [0.1, 0.15) is 11.5 Å². The van der Waals surface area contributed by atoms with Gasteiger partial charge in [0.2, 0.25) is 5.91 Å². The van der Waals surface area contributed by atoms with Gasteiger partial charge in [-0.2, -0.15) is 4.98 Å². The van der Waals surface area contributed by atoms with Crippen molar-refractivity contribution in [2.75, 3.05) is 25.3 Å². The Labute approximate surface area is 160 Å². The number of aryl methyl sites for hydroxylation is 1. The number of carbonyl (C=O) groups is 1. The van der Waals surface area contributed by atoms with Gasteiger partial charge in [-0.05, 0) is 31.2 Å². The summed E-state index contributed by atoms with van der Waals surface area (Å²) in [4.78, 5) is 20.7. The van der Waals surface area contributed by atoms with Gasteiger partial charge in [-0.3, -0.25) is 4.79 Å². The van der Waals surface area contributed by atoms with Crippen molar-refractivity contribution in [2.45, 2.75) is 11.9 Å². The largest absolute Gasteiger partial charge is 0.497 e. The van der Waals surface area contributed by atoms with Crippen LogP contribution >= 0.6 is 11.8 Å². The first kappa shape index (κ1) is 18.7. The SMILES string of the molecule is COc1ccc(NC(=O)CSc2cc(-c3nc(C)no3)ccn2)c(OC)c1. The van der Waals surface area contributed by atoms with Gasteiger partial charge in [0.15, 0.2) is 5.82 Å². The van der Waals surface area contributed by atoms with Crippen molar-refractivity contribution < 1.29 is 18.8 Å². The fraction of sp³-hybridized carbons (Fsp3) is 0.222. The average Bonchev–Trinajstić information content (AvgIpc) is 3.13. The maximum atomic E-state index is 12.3. The van der Waals surface area contributed by atoms with Crippen molar-refractivity contribution in [3.63, 3.8) is 0 Å². The fourth-order valence-electron chi connectivity index (χ4n) is 2.26. The standard InChI is InChI=1S/C18H18N4O4S/c1-11-20-18(26-22-11)12-6-7-19-17(8-12)27-10-16(23)21-14-5-4-13(24-2)9-15(14)25-3/h4-9H,10H2,1-3H3,(H,21,23). The van der Waals surface area contributed by atoms with Crippen LogP contribution in [0.2, 0.25) is 0 Å². The van der Waals surface area contributed by atoms with Crippen LogP contribution in [0.5, 0.6) is 11.5 Å². The van der Waals surface area contributed by atoms with E-state index in [4.69, 9.17) is 14.0 Å². The number of benzene rings is 1. The van der Waals surface area contributed by atoms with E-state index < -0.39 is 0 Å². The third kappa shape index (κ3) is 4.76. The molecule has 0 fully saturated rings. The molecule has 0 atom stereocenters. The van der Waals surface area contributed by atoms with E-state index in [0.29, 0.717) is 33.9 Å². The van der Waals surface area contributed by atoms with Crippen molar-refractivity contribution in [3.8, 4) is 23.0 Å². The van der Waals surface area contributed by atoms with Crippen molar-refractivity contribution in [1.82, 2.24) is 15.1 Å². The summed E-state index contributed by atoms with van der Waals surface area (Å²) in [6.07, 6.45) is 1.64. The number of rotatable bonds is 7. The maximum absolute atomic E-state index is 12.3. The first-order valence-electron chi connectivity index (χ1n) is 8.00. The molecule has 0 saturated heterocycles. The number of nitrogens with one attached hydrogen (secondary N) is 1. The molecule has 1 amide bonds. The molecule has 27 heavy (non-hydrogen) atoms. The third-order valence-corrected chi connectivity index (χ3v) is 4.47. The second kappa shape index (κ2) is 8.54. The van der Waals surface area contributed by atoms with E-state index in [-0.39, 0.29) is 11.7 Å². The number of aromatic nitrogens is 3. The van der Waals surface area contributed by atoms with E-state index in [1.165, 1.54) is 18.9 Å².